The van der Waals surface area contributed by atoms with E-state index in [0.717, 1.165) is 16.0 Å². The Morgan fingerprint density at radius 1 is 1.14 bits per heavy atom. The highest BCUT2D eigenvalue weighted by Crippen LogP contribution is 2.55. The lowest BCUT2D eigenvalue weighted by Crippen LogP contribution is -2.63. The van der Waals surface area contributed by atoms with Crippen molar-refractivity contribution in [2.45, 2.75) is 25.0 Å². The molecule has 0 N–H and O–H groups in total. The van der Waals surface area contributed by atoms with E-state index in [1.807, 2.05) is 12.1 Å². The molecule has 1 saturated heterocycles. The van der Waals surface area contributed by atoms with E-state index < -0.39 is 14.5 Å². The van der Waals surface area contributed by atoms with Crippen LogP contribution in [0.2, 0.25) is 0 Å². The van der Waals surface area contributed by atoms with Crippen LogP contribution in [-0.4, -0.2) is 11.5 Å². The van der Waals surface area contributed by atoms with Crippen LogP contribution in [0.5, 0.6) is 0 Å². The maximum atomic E-state index is 11.2. The third kappa shape index (κ3) is 4.77. The summed E-state index contributed by atoms with van der Waals surface area (Å²) in [6.45, 7) is 6.48. The topological polar surface area (TPSA) is 78.4 Å². The fourth-order valence-corrected chi connectivity index (χ4v) is 7.04. The molecule has 0 aromatic heterocycles. The predicted molar refractivity (Wildman–Crippen MR) is 84.8 cm³/mol. The predicted octanol–water partition coefficient (Wildman–Crippen LogP) is 1.62. The van der Waals surface area contributed by atoms with Crippen LogP contribution >= 0.6 is 39.5 Å². The monoisotopic (exact) mass is 428 g/mol. The first-order valence-corrected chi connectivity index (χ1v) is 10.7. The van der Waals surface area contributed by atoms with Crippen LogP contribution in [0.3, 0.4) is 0 Å². The van der Waals surface area contributed by atoms with E-state index in [0.29, 0.717) is 11.5 Å². The average Bonchev–Trinajstić information content (AvgIpc) is 2.37. The summed E-state index contributed by atoms with van der Waals surface area (Å²) in [4.78, 5) is 0. The molecule has 0 radical (unpaired) electrons. The summed E-state index contributed by atoms with van der Waals surface area (Å²) in [7, 11) is -4.50. The fourth-order valence-electron chi connectivity index (χ4n) is 2.04. The van der Waals surface area contributed by atoms with E-state index in [1.54, 1.807) is 12.1 Å². The molecule has 0 bridgehead atoms. The van der Waals surface area contributed by atoms with Crippen molar-refractivity contribution < 1.29 is 28.5 Å². The van der Waals surface area contributed by atoms with Gasteiger partial charge in [0.15, 0.2) is 0 Å². The maximum Gasteiger partial charge on any atom is 0.340 e. The van der Waals surface area contributed by atoms with Crippen molar-refractivity contribution in [3.8, 4) is 0 Å². The number of benzene rings is 1. The van der Waals surface area contributed by atoms with Crippen LogP contribution in [0, 0.1) is 21.6 Å². The minimum atomic E-state index is -4.50. The normalized spacial score (nSPS) is 27.0. The van der Waals surface area contributed by atoms with E-state index in [2.05, 4.69) is 36.7 Å². The van der Waals surface area contributed by atoms with Crippen molar-refractivity contribution in [1.82, 2.24) is 0 Å². The van der Waals surface area contributed by atoms with Crippen LogP contribution in [-0.2, 0) is 8.55 Å². The molecule has 1 aromatic carbocycles. The summed E-state index contributed by atoms with van der Waals surface area (Å²) in [6.07, 6.45) is 0. The summed E-state index contributed by atoms with van der Waals surface area (Å²) >= 11 is 6.09. The first kappa shape index (κ1) is 18.9. The number of thioether (sulfide) groups is 2. The number of hydrogen-bond acceptors (Lipinski definition) is 6. The summed E-state index contributed by atoms with van der Waals surface area (Å²) in [5, 5.41) is 0. The SMILES string of the molecule is CC(C)(C)C1CSC(O[Cl+3]([O-])([O-])[O-])(c2ccc(Br)cc2)SC1. The van der Waals surface area contributed by atoms with Gasteiger partial charge in [-0.2, -0.15) is 14.0 Å². The highest BCUT2D eigenvalue weighted by molar-refractivity contribution is 9.10. The molecule has 8 heteroatoms. The quantitative estimate of drug-likeness (QED) is 0.726. The van der Waals surface area contributed by atoms with Gasteiger partial charge in [-0.25, -0.2) is 0 Å². The third-order valence-corrected chi connectivity index (χ3v) is 7.94. The van der Waals surface area contributed by atoms with Crippen LogP contribution < -0.4 is 14.0 Å². The highest BCUT2D eigenvalue weighted by atomic mass is 79.9. The minimum absolute atomic E-state index is 0.125. The van der Waals surface area contributed by atoms with Crippen LogP contribution in [0.15, 0.2) is 28.7 Å². The molecule has 1 aromatic rings. The molecule has 0 aliphatic carbocycles. The molecule has 1 fully saturated rings. The second-order valence-electron chi connectivity index (χ2n) is 6.20. The zero-order valence-corrected chi connectivity index (χ0v) is 16.5. The molecule has 124 valence electrons. The number of hydrogen-bond donors (Lipinski definition) is 0. The molecule has 1 heterocycles. The Bertz CT molecular complexity index is 505. The average molecular weight is 430 g/mol. The fraction of sp³-hybridized carbons (Fsp3) is 0.571. The Kier molecular flexibility index (Phi) is 5.83. The van der Waals surface area contributed by atoms with Crippen molar-refractivity contribution in [2.75, 3.05) is 11.5 Å². The molecular weight excluding hydrogens is 412 g/mol. The lowest BCUT2D eigenvalue weighted by Gasteiger charge is -2.39. The van der Waals surface area contributed by atoms with Crippen LogP contribution in [0.1, 0.15) is 26.3 Å². The lowest BCUT2D eigenvalue weighted by atomic mass is 9.83. The third-order valence-electron chi connectivity index (χ3n) is 3.57. The minimum Gasteiger partial charge on any atom is -0.183 e. The van der Waals surface area contributed by atoms with E-state index in [-0.39, 0.29) is 5.41 Å². The molecule has 0 spiro atoms. The summed E-state index contributed by atoms with van der Waals surface area (Å²) in [5.74, 6) is 1.88. The van der Waals surface area contributed by atoms with Gasteiger partial charge in [0, 0.05) is 21.5 Å². The Morgan fingerprint density at radius 3 is 2.05 bits per heavy atom. The van der Waals surface area contributed by atoms with Crippen LogP contribution in [0.4, 0.5) is 0 Å². The van der Waals surface area contributed by atoms with Crippen molar-refractivity contribution in [2.24, 2.45) is 11.3 Å². The van der Waals surface area contributed by atoms with Crippen molar-refractivity contribution in [3.63, 3.8) is 0 Å². The molecule has 0 saturated carbocycles. The number of halogens is 2. The van der Waals surface area contributed by atoms with E-state index in [1.165, 1.54) is 23.5 Å². The Hall–Kier alpha value is 0.530. The summed E-state index contributed by atoms with van der Waals surface area (Å²) in [6, 6.07) is 7.18. The van der Waals surface area contributed by atoms with Gasteiger partial charge in [0.05, 0.1) is 10.2 Å². The molecule has 22 heavy (non-hydrogen) atoms. The van der Waals surface area contributed by atoms with Gasteiger partial charge in [-0.05, 0) is 23.5 Å². The molecule has 1 aliphatic rings. The second-order valence-corrected chi connectivity index (χ2v) is 10.7. The molecule has 1 aliphatic heterocycles. The molecule has 0 atom stereocenters. The largest absolute Gasteiger partial charge is 0.340 e. The van der Waals surface area contributed by atoms with Gasteiger partial charge in [0.1, 0.15) is 4.29 Å². The molecule has 2 rings (SSSR count). The van der Waals surface area contributed by atoms with Crippen molar-refractivity contribution in [3.05, 3.63) is 34.3 Å². The Morgan fingerprint density at radius 2 is 1.64 bits per heavy atom. The Balaban J connectivity index is 2.27. The smallest absolute Gasteiger partial charge is 0.183 e. The maximum absolute atomic E-state index is 11.2. The van der Waals surface area contributed by atoms with Gasteiger partial charge in [0.2, 0.25) is 0 Å². The standard InChI is InChI=1S/C14H18BrClO4S2/c1-13(2,3)11-8-21-14(22-9-11,20-16(17,18)19)10-4-6-12(15)7-5-10/h4-7,11H,8-9H2,1-3H3. The molecule has 0 unspecified atom stereocenters. The van der Waals surface area contributed by atoms with E-state index in [4.69, 9.17) is 4.29 Å². The first-order chi connectivity index (χ1) is 10.0. The van der Waals surface area contributed by atoms with Gasteiger partial charge >= 0.3 is 4.27 Å². The zero-order valence-electron chi connectivity index (χ0n) is 12.5. The number of rotatable bonds is 3. The first-order valence-electron chi connectivity index (χ1n) is 6.67. The van der Waals surface area contributed by atoms with E-state index in [9.17, 15) is 14.0 Å². The van der Waals surface area contributed by atoms with Gasteiger partial charge < -0.3 is 0 Å². The van der Waals surface area contributed by atoms with Crippen molar-refractivity contribution >= 4 is 39.5 Å². The highest BCUT2D eigenvalue weighted by Gasteiger charge is 2.53. The second kappa shape index (κ2) is 6.80. The molecule has 0 amide bonds. The Labute approximate surface area is 149 Å². The van der Waals surface area contributed by atoms with Crippen LogP contribution in [0.25, 0.3) is 0 Å². The summed E-state index contributed by atoms with van der Waals surface area (Å²) < 4.78 is 38.2. The van der Waals surface area contributed by atoms with E-state index >= 15 is 0 Å². The van der Waals surface area contributed by atoms with Crippen molar-refractivity contribution in [1.29, 1.82) is 0 Å². The van der Waals surface area contributed by atoms with Gasteiger partial charge in [-0.3, -0.25) is 0 Å². The lowest BCUT2D eigenvalue weighted by molar-refractivity contribution is -1.92. The van der Waals surface area contributed by atoms with Gasteiger partial charge in [-0.15, -0.1) is 0 Å². The zero-order chi connectivity index (χ0) is 16.6. The van der Waals surface area contributed by atoms with Gasteiger partial charge in [0.25, 0.3) is 0 Å². The summed E-state index contributed by atoms with van der Waals surface area (Å²) in [5.41, 5.74) is 0.796. The molecule has 4 nitrogen and oxygen atoms in total. The van der Waals surface area contributed by atoms with Gasteiger partial charge in [-0.1, -0.05) is 72.4 Å². The molecular formula is C14H18BrClO4S2.